The average Bonchev–Trinajstić information content (AvgIpc) is 2.98. The molecule has 0 N–H and O–H groups in total. The summed E-state index contributed by atoms with van der Waals surface area (Å²) >= 11 is 0. The Morgan fingerprint density at radius 2 is 1.20 bits per heavy atom. The number of esters is 1. The Kier molecular flexibility index (Phi) is 12.2. The quantitative estimate of drug-likeness (QED) is 0.226. The molecule has 214 valence electrons. The Morgan fingerprint density at radius 3 is 1.73 bits per heavy atom. The summed E-state index contributed by atoms with van der Waals surface area (Å²) in [6.07, 6.45) is -2.11. The zero-order valence-corrected chi connectivity index (χ0v) is 23.4. The standard InChI is InChI=1S/C33H40O7/c1-3-36-30(34)20-28-31(38-22-26-16-10-6-11-17-26)32(39-23-27-18-12-7-13-19-27)29(40-33(28)37-4-2)24-35-21-25-14-8-5-9-15-25/h5-19,28-29,31-33H,3-4,20-24H2,1-2H3/t28-,29-,31-,32-,33-/m1/s1. The van der Waals surface area contributed by atoms with E-state index in [0.717, 1.165) is 16.7 Å². The molecule has 0 unspecified atom stereocenters. The maximum Gasteiger partial charge on any atom is 0.306 e. The van der Waals surface area contributed by atoms with E-state index in [1.165, 1.54) is 0 Å². The summed E-state index contributed by atoms with van der Waals surface area (Å²) < 4.78 is 37.1. The van der Waals surface area contributed by atoms with Gasteiger partial charge in [0.2, 0.25) is 0 Å². The van der Waals surface area contributed by atoms with E-state index in [2.05, 4.69) is 0 Å². The normalized spacial score (nSPS) is 22.6. The first-order valence-electron chi connectivity index (χ1n) is 14.0. The molecule has 1 fully saturated rings. The van der Waals surface area contributed by atoms with Crippen LogP contribution in [-0.4, -0.2) is 50.4 Å². The predicted octanol–water partition coefficient (Wildman–Crippen LogP) is 5.70. The molecule has 5 atom stereocenters. The summed E-state index contributed by atoms with van der Waals surface area (Å²) in [5.41, 5.74) is 3.12. The molecule has 0 aromatic heterocycles. The van der Waals surface area contributed by atoms with Crippen LogP contribution in [0.1, 0.15) is 37.0 Å². The number of hydrogen-bond donors (Lipinski definition) is 0. The van der Waals surface area contributed by atoms with E-state index in [1.54, 1.807) is 6.92 Å². The van der Waals surface area contributed by atoms with Crippen LogP contribution in [-0.2, 0) is 53.0 Å². The Labute approximate surface area is 237 Å². The van der Waals surface area contributed by atoms with E-state index in [4.69, 9.17) is 28.4 Å². The highest BCUT2D eigenvalue weighted by atomic mass is 16.7. The van der Waals surface area contributed by atoms with Crippen molar-refractivity contribution in [3.8, 4) is 0 Å². The molecule has 0 aliphatic carbocycles. The Bertz CT molecular complexity index is 1110. The smallest absolute Gasteiger partial charge is 0.306 e. The first kappa shape index (κ1) is 29.9. The molecule has 0 spiro atoms. The van der Waals surface area contributed by atoms with Gasteiger partial charge in [-0.25, -0.2) is 0 Å². The van der Waals surface area contributed by atoms with Crippen molar-refractivity contribution in [2.45, 2.75) is 64.7 Å². The molecule has 1 aliphatic heterocycles. The SMILES string of the molecule is CCOC(=O)C[C@H]1[C@H](OCC)O[C@H](COCc2ccccc2)[C@@H](OCc2ccccc2)[C@@H]1OCc1ccccc1. The molecular weight excluding hydrogens is 508 g/mol. The molecule has 40 heavy (non-hydrogen) atoms. The van der Waals surface area contributed by atoms with Gasteiger partial charge in [0.1, 0.15) is 12.2 Å². The van der Waals surface area contributed by atoms with Gasteiger partial charge in [0.05, 0.1) is 45.6 Å². The molecule has 0 radical (unpaired) electrons. The van der Waals surface area contributed by atoms with Crippen molar-refractivity contribution >= 4 is 5.97 Å². The maximum absolute atomic E-state index is 12.7. The summed E-state index contributed by atoms with van der Waals surface area (Å²) in [6.45, 7) is 5.84. The van der Waals surface area contributed by atoms with Gasteiger partial charge in [-0.05, 0) is 30.5 Å². The van der Waals surface area contributed by atoms with Crippen molar-refractivity contribution in [2.24, 2.45) is 5.92 Å². The average molecular weight is 549 g/mol. The third-order valence-corrected chi connectivity index (χ3v) is 6.77. The van der Waals surface area contributed by atoms with Crippen molar-refractivity contribution in [3.63, 3.8) is 0 Å². The highest BCUT2D eigenvalue weighted by Gasteiger charge is 2.49. The van der Waals surface area contributed by atoms with Crippen LogP contribution in [0.3, 0.4) is 0 Å². The Balaban J connectivity index is 1.59. The van der Waals surface area contributed by atoms with E-state index < -0.39 is 30.5 Å². The summed E-state index contributed by atoms with van der Waals surface area (Å²) in [6, 6.07) is 29.9. The van der Waals surface area contributed by atoms with Crippen LogP contribution in [0, 0.1) is 5.92 Å². The fraction of sp³-hybridized carbons (Fsp3) is 0.424. The molecule has 3 aromatic carbocycles. The van der Waals surface area contributed by atoms with Crippen LogP contribution >= 0.6 is 0 Å². The summed E-state index contributed by atoms with van der Waals surface area (Å²) in [7, 11) is 0. The largest absolute Gasteiger partial charge is 0.466 e. The van der Waals surface area contributed by atoms with Crippen molar-refractivity contribution < 1.29 is 33.2 Å². The molecule has 1 aliphatic rings. The molecule has 7 nitrogen and oxygen atoms in total. The molecule has 1 saturated heterocycles. The lowest BCUT2D eigenvalue weighted by Gasteiger charge is -2.46. The van der Waals surface area contributed by atoms with Crippen LogP contribution < -0.4 is 0 Å². The van der Waals surface area contributed by atoms with Crippen molar-refractivity contribution in [3.05, 3.63) is 108 Å². The summed E-state index contributed by atoms with van der Waals surface area (Å²) in [5.74, 6) is -0.761. The van der Waals surface area contributed by atoms with E-state index >= 15 is 0 Å². The minimum absolute atomic E-state index is 0.0841. The van der Waals surface area contributed by atoms with E-state index in [0.29, 0.717) is 33.0 Å². The second-order valence-corrected chi connectivity index (χ2v) is 9.69. The van der Waals surface area contributed by atoms with Crippen LogP contribution in [0.5, 0.6) is 0 Å². The van der Waals surface area contributed by atoms with Crippen LogP contribution in [0.2, 0.25) is 0 Å². The Hall–Kier alpha value is -3.07. The predicted molar refractivity (Wildman–Crippen MR) is 151 cm³/mol. The second kappa shape index (κ2) is 16.3. The van der Waals surface area contributed by atoms with Crippen LogP contribution in [0.15, 0.2) is 91.0 Å². The number of benzene rings is 3. The third-order valence-electron chi connectivity index (χ3n) is 6.77. The number of hydrogen-bond acceptors (Lipinski definition) is 7. The zero-order valence-electron chi connectivity index (χ0n) is 23.4. The van der Waals surface area contributed by atoms with Gasteiger partial charge < -0.3 is 28.4 Å². The minimum Gasteiger partial charge on any atom is -0.466 e. The maximum atomic E-state index is 12.7. The summed E-state index contributed by atoms with van der Waals surface area (Å²) in [4.78, 5) is 12.7. The fourth-order valence-corrected chi connectivity index (χ4v) is 4.87. The van der Waals surface area contributed by atoms with Gasteiger partial charge in [-0.15, -0.1) is 0 Å². The third kappa shape index (κ3) is 8.98. The molecule has 0 saturated carbocycles. The lowest BCUT2D eigenvalue weighted by Crippen LogP contribution is -2.58. The topological polar surface area (TPSA) is 72.5 Å². The van der Waals surface area contributed by atoms with E-state index in [9.17, 15) is 4.79 Å². The second-order valence-electron chi connectivity index (χ2n) is 9.69. The first-order chi connectivity index (χ1) is 19.7. The molecule has 0 bridgehead atoms. The van der Waals surface area contributed by atoms with E-state index in [-0.39, 0.29) is 19.0 Å². The van der Waals surface area contributed by atoms with Gasteiger partial charge in [-0.3, -0.25) is 4.79 Å². The first-order valence-corrected chi connectivity index (χ1v) is 14.0. The molecular formula is C33H40O7. The van der Waals surface area contributed by atoms with Crippen LogP contribution in [0.4, 0.5) is 0 Å². The lowest BCUT2D eigenvalue weighted by molar-refractivity contribution is -0.305. The zero-order chi connectivity index (χ0) is 28.0. The van der Waals surface area contributed by atoms with Crippen molar-refractivity contribution in [1.82, 2.24) is 0 Å². The van der Waals surface area contributed by atoms with Gasteiger partial charge in [0.25, 0.3) is 0 Å². The number of carbonyl (C=O) groups excluding carboxylic acids is 1. The fourth-order valence-electron chi connectivity index (χ4n) is 4.87. The monoisotopic (exact) mass is 548 g/mol. The Morgan fingerprint density at radius 1 is 0.675 bits per heavy atom. The van der Waals surface area contributed by atoms with Crippen molar-refractivity contribution in [2.75, 3.05) is 19.8 Å². The molecule has 0 amide bonds. The lowest BCUT2D eigenvalue weighted by atomic mass is 9.87. The van der Waals surface area contributed by atoms with Gasteiger partial charge in [0.15, 0.2) is 6.29 Å². The number of carbonyl (C=O) groups is 1. The highest BCUT2D eigenvalue weighted by Crippen LogP contribution is 2.35. The summed E-state index contributed by atoms with van der Waals surface area (Å²) in [5, 5.41) is 0. The van der Waals surface area contributed by atoms with Gasteiger partial charge in [-0.1, -0.05) is 91.0 Å². The van der Waals surface area contributed by atoms with Gasteiger partial charge in [0, 0.05) is 12.5 Å². The highest BCUT2D eigenvalue weighted by molar-refractivity contribution is 5.69. The molecule has 7 heteroatoms. The molecule has 1 heterocycles. The van der Waals surface area contributed by atoms with Gasteiger partial charge >= 0.3 is 5.97 Å². The number of rotatable bonds is 15. The van der Waals surface area contributed by atoms with Crippen molar-refractivity contribution in [1.29, 1.82) is 0 Å². The minimum atomic E-state index is -0.683. The number of ether oxygens (including phenoxy) is 6. The van der Waals surface area contributed by atoms with Crippen LogP contribution in [0.25, 0.3) is 0 Å². The van der Waals surface area contributed by atoms with Gasteiger partial charge in [-0.2, -0.15) is 0 Å². The molecule has 3 aromatic rings. The molecule has 4 rings (SSSR count). The van der Waals surface area contributed by atoms with E-state index in [1.807, 2.05) is 97.9 Å².